The summed E-state index contributed by atoms with van der Waals surface area (Å²) in [5.74, 6) is -1.78. The van der Waals surface area contributed by atoms with Crippen LogP contribution in [0.3, 0.4) is 0 Å². The van der Waals surface area contributed by atoms with Crippen LogP contribution in [0.2, 0.25) is 0 Å². The van der Waals surface area contributed by atoms with E-state index in [9.17, 15) is 4.79 Å². The molecule has 0 radical (unpaired) electrons. The van der Waals surface area contributed by atoms with Crippen molar-refractivity contribution in [2.45, 2.75) is 59.4 Å². The molecule has 0 aliphatic carbocycles. The van der Waals surface area contributed by atoms with Crippen LogP contribution in [0.15, 0.2) is 12.7 Å². The summed E-state index contributed by atoms with van der Waals surface area (Å²) in [4.78, 5) is 22.0. The van der Waals surface area contributed by atoms with Crippen molar-refractivity contribution in [2.24, 2.45) is 11.3 Å². The fourth-order valence-corrected chi connectivity index (χ4v) is 1.88. The number of hydrogen-bond acceptors (Lipinski definition) is 4. The van der Waals surface area contributed by atoms with E-state index in [0.717, 1.165) is 6.42 Å². The van der Waals surface area contributed by atoms with Crippen LogP contribution in [0.25, 0.3) is 0 Å². The molecule has 4 nitrogen and oxygen atoms in total. The molecule has 0 saturated carbocycles. The standard InChI is InChI=1S/C14H24O4/c1-8-13(6,7)16-11(15)14(17-18-14)10(2)9-12(3,4)5/h8,10H,1,9H2,2-7H3. The normalized spacial score (nSPS) is 20.1. The molecule has 18 heavy (non-hydrogen) atoms. The topological polar surface area (TPSA) is 51.4 Å². The summed E-state index contributed by atoms with van der Waals surface area (Å²) in [6.45, 7) is 15.4. The van der Waals surface area contributed by atoms with Crippen molar-refractivity contribution in [3.8, 4) is 0 Å². The third-order valence-corrected chi connectivity index (χ3v) is 2.96. The monoisotopic (exact) mass is 256 g/mol. The van der Waals surface area contributed by atoms with Crippen molar-refractivity contribution < 1.29 is 19.3 Å². The van der Waals surface area contributed by atoms with E-state index in [0.29, 0.717) is 0 Å². The van der Waals surface area contributed by atoms with Gasteiger partial charge in [0.15, 0.2) is 0 Å². The van der Waals surface area contributed by atoms with Gasteiger partial charge in [0.25, 0.3) is 0 Å². The van der Waals surface area contributed by atoms with Gasteiger partial charge in [0.2, 0.25) is 0 Å². The predicted octanol–water partition coefficient (Wildman–Crippen LogP) is 3.22. The number of carbonyl (C=O) groups is 1. The first-order valence-corrected chi connectivity index (χ1v) is 6.26. The summed E-state index contributed by atoms with van der Waals surface area (Å²) < 4.78 is 5.34. The lowest BCUT2D eigenvalue weighted by Crippen LogP contribution is -2.39. The van der Waals surface area contributed by atoms with E-state index in [1.54, 1.807) is 19.9 Å². The third-order valence-electron chi connectivity index (χ3n) is 2.96. The second-order valence-electron chi connectivity index (χ2n) is 6.70. The molecule has 0 aromatic heterocycles. The molecule has 1 saturated heterocycles. The summed E-state index contributed by atoms with van der Waals surface area (Å²) in [5.41, 5.74) is -0.628. The van der Waals surface area contributed by atoms with Crippen molar-refractivity contribution in [3.63, 3.8) is 0 Å². The molecule has 1 heterocycles. The SMILES string of the molecule is C=CC(C)(C)OC(=O)C1(C(C)CC(C)(C)C)OO1. The number of rotatable bonds is 5. The number of carbonyl (C=O) groups excluding carboxylic acids is 1. The third kappa shape index (κ3) is 3.56. The molecule has 0 amide bonds. The van der Waals surface area contributed by atoms with Crippen LogP contribution in [0, 0.1) is 11.3 Å². The molecule has 1 fully saturated rings. The second kappa shape index (κ2) is 4.67. The van der Waals surface area contributed by atoms with Crippen molar-refractivity contribution in [2.75, 3.05) is 0 Å². The van der Waals surface area contributed by atoms with Gasteiger partial charge in [0, 0.05) is 5.92 Å². The molecule has 0 spiro atoms. The number of hydrogen-bond donors (Lipinski definition) is 0. The maximum atomic E-state index is 12.1. The molecule has 0 N–H and O–H groups in total. The Hall–Kier alpha value is -0.870. The van der Waals surface area contributed by atoms with Crippen molar-refractivity contribution in [1.82, 2.24) is 0 Å². The average molecular weight is 256 g/mol. The second-order valence-corrected chi connectivity index (χ2v) is 6.70. The van der Waals surface area contributed by atoms with Crippen LogP contribution in [0.4, 0.5) is 0 Å². The first-order chi connectivity index (χ1) is 8.02. The summed E-state index contributed by atoms with van der Waals surface area (Å²) in [5, 5.41) is 0. The highest BCUT2D eigenvalue weighted by Crippen LogP contribution is 2.44. The van der Waals surface area contributed by atoms with E-state index in [-0.39, 0.29) is 11.3 Å². The van der Waals surface area contributed by atoms with Crippen LogP contribution in [-0.2, 0) is 19.3 Å². The van der Waals surface area contributed by atoms with Crippen LogP contribution >= 0.6 is 0 Å². The molecule has 0 aromatic rings. The largest absolute Gasteiger partial charge is 0.451 e. The Balaban J connectivity index is 2.70. The highest BCUT2D eigenvalue weighted by Gasteiger charge is 2.63. The van der Waals surface area contributed by atoms with Crippen LogP contribution in [0.1, 0.15) is 48.0 Å². The minimum Gasteiger partial charge on any atom is -0.451 e. The van der Waals surface area contributed by atoms with Crippen LogP contribution < -0.4 is 0 Å². The summed E-state index contributed by atoms with van der Waals surface area (Å²) in [6.07, 6.45) is 2.38. The zero-order chi connectivity index (χ0) is 14.2. The molecule has 1 rings (SSSR count). The highest BCUT2D eigenvalue weighted by molar-refractivity contribution is 5.80. The lowest BCUT2D eigenvalue weighted by Gasteiger charge is -2.27. The van der Waals surface area contributed by atoms with Crippen molar-refractivity contribution >= 4 is 5.97 Å². The molecule has 0 bridgehead atoms. The van der Waals surface area contributed by atoms with Crippen molar-refractivity contribution in [3.05, 3.63) is 12.7 Å². The zero-order valence-corrected chi connectivity index (χ0v) is 12.2. The zero-order valence-electron chi connectivity index (χ0n) is 12.2. The smallest absolute Gasteiger partial charge is 0.373 e. The van der Waals surface area contributed by atoms with E-state index in [1.807, 2.05) is 6.92 Å². The Labute approximate surface area is 109 Å². The maximum absolute atomic E-state index is 12.1. The van der Waals surface area contributed by atoms with Gasteiger partial charge in [-0.15, -0.1) is 0 Å². The Morgan fingerprint density at radius 3 is 2.17 bits per heavy atom. The quantitative estimate of drug-likeness (QED) is 0.328. The Bertz CT molecular complexity index is 334. The molecule has 1 unspecified atom stereocenters. The Morgan fingerprint density at radius 1 is 1.33 bits per heavy atom. The van der Waals surface area contributed by atoms with Gasteiger partial charge in [-0.1, -0.05) is 34.3 Å². The summed E-state index contributed by atoms with van der Waals surface area (Å²) in [7, 11) is 0. The molecule has 0 aromatic carbocycles. The Kier molecular flexibility index (Phi) is 3.94. The van der Waals surface area contributed by atoms with Gasteiger partial charge < -0.3 is 4.74 Å². The van der Waals surface area contributed by atoms with E-state index in [2.05, 4.69) is 27.4 Å². The highest BCUT2D eigenvalue weighted by atomic mass is 17.4. The lowest BCUT2D eigenvalue weighted by molar-refractivity contribution is -0.163. The lowest BCUT2D eigenvalue weighted by atomic mass is 9.82. The molecule has 1 aliphatic heterocycles. The summed E-state index contributed by atoms with van der Waals surface area (Å²) >= 11 is 0. The fourth-order valence-electron chi connectivity index (χ4n) is 1.88. The molecular formula is C14H24O4. The minimum atomic E-state index is -1.23. The van der Waals surface area contributed by atoms with Crippen LogP contribution in [-0.4, -0.2) is 17.4 Å². The van der Waals surface area contributed by atoms with Crippen molar-refractivity contribution in [1.29, 1.82) is 0 Å². The fraction of sp³-hybridized carbons (Fsp3) is 0.786. The molecule has 4 heteroatoms. The van der Waals surface area contributed by atoms with Gasteiger partial charge in [0.1, 0.15) is 5.60 Å². The molecule has 104 valence electrons. The number of esters is 1. The first-order valence-electron chi connectivity index (χ1n) is 6.26. The minimum absolute atomic E-state index is 0.0642. The van der Waals surface area contributed by atoms with Gasteiger partial charge >= 0.3 is 11.8 Å². The van der Waals surface area contributed by atoms with Gasteiger partial charge in [-0.3, -0.25) is 0 Å². The van der Waals surface area contributed by atoms with Gasteiger partial charge in [0.05, 0.1) is 0 Å². The average Bonchev–Trinajstić information content (AvgIpc) is 2.94. The number of ether oxygens (including phenoxy) is 1. The summed E-state index contributed by atoms with van der Waals surface area (Å²) in [6, 6.07) is 0. The van der Waals surface area contributed by atoms with Gasteiger partial charge in [-0.25, -0.2) is 4.79 Å². The van der Waals surface area contributed by atoms with E-state index in [1.165, 1.54) is 0 Å². The maximum Gasteiger partial charge on any atom is 0.373 e. The van der Waals surface area contributed by atoms with E-state index < -0.39 is 17.4 Å². The van der Waals surface area contributed by atoms with Crippen LogP contribution in [0.5, 0.6) is 0 Å². The Morgan fingerprint density at radius 2 is 1.83 bits per heavy atom. The van der Waals surface area contributed by atoms with Gasteiger partial charge in [-0.2, -0.15) is 9.78 Å². The van der Waals surface area contributed by atoms with Gasteiger partial charge in [-0.05, 0) is 31.8 Å². The molecule has 1 atom stereocenters. The van der Waals surface area contributed by atoms with E-state index >= 15 is 0 Å². The predicted molar refractivity (Wildman–Crippen MR) is 68.5 cm³/mol. The molecular weight excluding hydrogens is 232 g/mol. The molecule has 1 aliphatic rings. The van der Waals surface area contributed by atoms with E-state index in [4.69, 9.17) is 14.5 Å². The first kappa shape index (κ1) is 15.2.